The summed E-state index contributed by atoms with van der Waals surface area (Å²) in [7, 11) is 5.07. The molecule has 2 radical (unpaired) electrons. The third-order valence-electron chi connectivity index (χ3n) is 0.852. The highest BCUT2D eigenvalue weighted by Gasteiger charge is 1.88. The van der Waals surface area contributed by atoms with Gasteiger partial charge in [-0.15, -0.1) is 0 Å². The van der Waals surface area contributed by atoms with Crippen LogP contribution in [0.4, 0.5) is 5.82 Å². The summed E-state index contributed by atoms with van der Waals surface area (Å²) in [6.45, 7) is 0. The lowest BCUT2D eigenvalue weighted by molar-refractivity contribution is 1.01. The molecule has 0 aliphatic rings. The number of nitrogens with two attached hydrogens (primary N) is 1. The van der Waals surface area contributed by atoms with Gasteiger partial charge in [0.15, 0.2) is 0 Å². The maximum Gasteiger partial charge on any atom is 0.336 e. The lowest BCUT2D eigenvalue weighted by Crippen LogP contribution is -2.21. The Hall–Kier alpha value is -1.26. The highest BCUT2D eigenvalue weighted by molar-refractivity contribution is 6.06. The average Bonchev–Trinajstić information content (AvgIpc) is 1.80. The summed E-state index contributed by atoms with van der Waals surface area (Å²) in [6, 6.07) is 1.45. The highest BCUT2D eigenvalue weighted by atomic mass is 16.1. The number of rotatable bonds is 0. The number of hydrogen-bond donors (Lipinski definition) is 1. The van der Waals surface area contributed by atoms with Crippen molar-refractivity contribution in [1.82, 2.24) is 9.46 Å². The molecule has 0 fully saturated rings. The van der Waals surface area contributed by atoms with Gasteiger partial charge in [0, 0.05) is 0 Å². The van der Waals surface area contributed by atoms with Crippen molar-refractivity contribution in [3.05, 3.63) is 22.7 Å². The largest absolute Gasteiger partial charge is 0.383 e. The van der Waals surface area contributed by atoms with Crippen LogP contribution in [-0.2, 0) is 0 Å². The van der Waals surface area contributed by atoms with E-state index >= 15 is 0 Å². The molecule has 9 heavy (non-hydrogen) atoms. The van der Waals surface area contributed by atoms with Gasteiger partial charge in [-0.3, -0.25) is 0 Å². The maximum atomic E-state index is 10.5. The van der Waals surface area contributed by atoms with E-state index in [2.05, 4.69) is 4.98 Å². The standard InChI is InChI=1S/C4H4BN3O/c5-8-2-1-3(6)7-4(8)9/h1-2H,(H2,6,7,9). The molecule has 44 valence electrons. The van der Waals surface area contributed by atoms with Gasteiger partial charge in [-0.25, -0.2) is 4.79 Å². The molecule has 0 bridgehead atoms. The second-order valence-corrected chi connectivity index (χ2v) is 1.54. The van der Waals surface area contributed by atoms with Gasteiger partial charge in [0.1, 0.15) is 5.82 Å². The first-order valence-corrected chi connectivity index (χ1v) is 2.30. The molecule has 0 saturated heterocycles. The topological polar surface area (TPSA) is 60.9 Å². The smallest absolute Gasteiger partial charge is 0.336 e. The van der Waals surface area contributed by atoms with Crippen molar-refractivity contribution in [3.63, 3.8) is 0 Å². The fourth-order valence-electron chi connectivity index (χ4n) is 0.426. The van der Waals surface area contributed by atoms with Crippen LogP contribution < -0.4 is 11.4 Å². The van der Waals surface area contributed by atoms with Crippen molar-refractivity contribution in [2.24, 2.45) is 0 Å². The predicted octanol–water partition coefficient (Wildman–Crippen LogP) is -1.24. The fraction of sp³-hybridized carbons (Fsp3) is 0. The Balaban J connectivity index is 3.34. The van der Waals surface area contributed by atoms with Gasteiger partial charge in [0.05, 0.1) is 0 Å². The molecule has 0 spiro atoms. The average molecular weight is 121 g/mol. The number of nitrogen functional groups attached to an aromatic ring is 1. The van der Waals surface area contributed by atoms with E-state index in [9.17, 15) is 4.79 Å². The van der Waals surface area contributed by atoms with E-state index in [1.54, 1.807) is 0 Å². The Morgan fingerprint density at radius 1 is 1.78 bits per heavy atom. The van der Waals surface area contributed by atoms with Crippen LogP contribution >= 0.6 is 0 Å². The molecule has 1 aromatic heterocycles. The van der Waals surface area contributed by atoms with Gasteiger partial charge in [-0.2, -0.15) is 4.98 Å². The molecule has 5 heteroatoms. The Morgan fingerprint density at radius 2 is 2.44 bits per heavy atom. The van der Waals surface area contributed by atoms with Gasteiger partial charge in [-0.1, -0.05) is 0 Å². The van der Waals surface area contributed by atoms with E-state index in [0.29, 0.717) is 0 Å². The summed E-state index contributed by atoms with van der Waals surface area (Å²) in [5, 5.41) is 0. The monoisotopic (exact) mass is 121 g/mol. The van der Waals surface area contributed by atoms with Crippen molar-refractivity contribution in [2.45, 2.75) is 0 Å². The molecule has 0 aliphatic carbocycles. The van der Waals surface area contributed by atoms with Crippen molar-refractivity contribution in [3.8, 4) is 0 Å². The third kappa shape index (κ3) is 1.10. The SMILES string of the molecule is [B]n1ccc(N)nc1=O. The van der Waals surface area contributed by atoms with E-state index in [0.717, 1.165) is 4.48 Å². The first kappa shape index (κ1) is 5.87. The second kappa shape index (κ2) is 1.93. The Labute approximate surface area is 52.8 Å². The van der Waals surface area contributed by atoms with Crippen LogP contribution in [0.5, 0.6) is 0 Å². The van der Waals surface area contributed by atoms with Gasteiger partial charge in [0.2, 0.25) is 7.98 Å². The van der Waals surface area contributed by atoms with Gasteiger partial charge < -0.3 is 10.2 Å². The molecule has 0 aromatic carbocycles. The van der Waals surface area contributed by atoms with E-state index in [-0.39, 0.29) is 5.82 Å². The zero-order valence-corrected chi connectivity index (χ0v) is 4.61. The molecular formula is C4H4BN3O. The molecule has 0 aliphatic heterocycles. The molecule has 4 nitrogen and oxygen atoms in total. The molecule has 0 amide bonds. The van der Waals surface area contributed by atoms with Crippen LogP contribution in [-0.4, -0.2) is 17.4 Å². The number of anilines is 1. The van der Waals surface area contributed by atoms with E-state index in [4.69, 9.17) is 13.7 Å². The Bertz CT molecular complexity index is 269. The predicted molar refractivity (Wildman–Crippen MR) is 34.1 cm³/mol. The van der Waals surface area contributed by atoms with Crippen LogP contribution in [0.25, 0.3) is 0 Å². The molecule has 2 N–H and O–H groups in total. The van der Waals surface area contributed by atoms with E-state index < -0.39 is 5.69 Å². The first-order valence-electron chi connectivity index (χ1n) is 2.30. The Morgan fingerprint density at radius 3 is 2.89 bits per heavy atom. The van der Waals surface area contributed by atoms with E-state index in [1.165, 1.54) is 12.3 Å². The summed E-state index contributed by atoms with van der Waals surface area (Å²) >= 11 is 0. The van der Waals surface area contributed by atoms with Crippen LogP contribution in [0.1, 0.15) is 0 Å². The minimum Gasteiger partial charge on any atom is -0.383 e. The zero-order valence-electron chi connectivity index (χ0n) is 4.61. The highest BCUT2D eigenvalue weighted by Crippen LogP contribution is 1.85. The molecule has 1 heterocycles. The Kier molecular flexibility index (Phi) is 1.26. The summed E-state index contributed by atoms with van der Waals surface area (Å²) in [5.74, 6) is 0.182. The minimum absolute atomic E-state index is 0.182. The van der Waals surface area contributed by atoms with Gasteiger partial charge >= 0.3 is 5.69 Å². The van der Waals surface area contributed by atoms with E-state index in [1.807, 2.05) is 0 Å². The number of nitrogens with zero attached hydrogens (tertiary/aromatic N) is 2. The maximum absolute atomic E-state index is 10.5. The lowest BCUT2D eigenvalue weighted by atomic mass is 10.4. The lowest BCUT2D eigenvalue weighted by Gasteiger charge is -1.93. The molecular weight excluding hydrogens is 117 g/mol. The summed E-state index contributed by atoms with van der Waals surface area (Å²) in [4.78, 5) is 13.8. The molecule has 0 unspecified atom stereocenters. The summed E-state index contributed by atoms with van der Waals surface area (Å²) < 4.78 is 0.857. The van der Waals surface area contributed by atoms with Crippen LogP contribution in [0.15, 0.2) is 17.1 Å². The van der Waals surface area contributed by atoms with Crippen molar-refractivity contribution < 1.29 is 0 Å². The van der Waals surface area contributed by atoms with Crippen LogP contribution in [0.2, 0.25) is 0 Å². The first-order chi connectivity index (χ1) is 4.20. The summed E-state index contributed by atoms with van der Waals surface area (Å²) in [6.07, 6.45) is 1.35. The molecule has 0 saturated carbocycles. The molecule has 1 rings (SSSR count). The van der Waals surface area contributed by atoms with Crippen LogP contribution in [0, 0.1) is 0 Å². The van der Waals surface area contributed by atoms with Crippen molar-refractivity contribution in [2.75, 3.05) is 5.73 Å². The van der Waals surface area contributed by atoms with Crippen molar-refractivity contribution in [1.29, 1.82) is 0 Å². The van der Waals surface area contributed by atoms with Crippen LogP contribution in [0.3, 0.4) is 0 Å². The zero-order chi connectivity index (χ0) is 6.85. The third-order valence-corrected chi connectivity index (χ3v) is 0.852. The normalized spacial score (nSPS) is 9.33. The molecule has 1 aromatic rings. The van der Waals surface area contributed by atoms with Crippen molar-refractivity contribution >= 4 is 13.8 Å². The minimum atomic E-state index is -0.546. The second-order valence-electron chi connectivity index (χ2n) is 1.54. The summed E-state index contributed by atoms with van der Waals surface area (Å²) in [5.41, 5.74) is 4.60. The molecule has 0 atom stereocenters. The number of aromatic nitrogens is 2. The van der Waals surface area contributed by atoms with Gasteiger partial charge in [0.25, 0.3) is 0 Å². The quantitative estimate of drug-likeness (QED) is 0.436. The van der Waals surface area contributed by atoms with Gasteiger partial charge in [-0.05, 0) is 12.3 Å². The number of hydrogen-bond acceptors (Lipinski definition) is 3. The fourth-order valence-corrected chi connectivity index (χ4v) is 0.426.